The first-order chi connectivity index (χ1) is 9.79. The molecule has 21 heavy (non-hydrogen) atoms. The number of nitrogens with zero attached hydrogens (tertiary/aromatic N) is 1. The fourth-order valence-corrected chi connectivity index (χ4v) is 2.70. The van der Waals surface area contributed by atoms with Gasteiger partial charge < -0.3 is 9.88 Å². The average molecular weight is 310 g/mol. The third kappa shape index (κ3) is 3.31. The molecule has 1 aromatic heterocycles. The highest BCUT2D eigenvalue weighted by molar-refractivity contribution is 7.92. The van der Waals surface area contributed by atoms with E-state index in [1.54, 1.807) is 24.3 Å². The van der Waals surface area contributed by atoms with Crippen molar-refractivity contribution in [1.82, 2.24) is 9.97 Å². The van der Waals surface area contributed by atoms with Gasteiger partial charge in [0.25, 0.3) is 15.6 Å². The predicted octanol–water partition coefficient (Wildman–Crippen LogP) is -0.0700. The molecule has 1 aromatic carbocycles. The molecule has 0 unspecified atom stereocenters. The highest BCUT2D eigenvalue weighted by atomic mass is 32.2. The summed E-state index contributed by atoms with van der Waals surface area (Å²) in [5.74, 6) is 0. The van der Waals surface area contributed by atoms with Gasteiger partial charge in [-0.05, 0) is 24.3 Å². The Morgan fingerprint density at radius 3 is 2.24 bits per heavy atom. The number of H-pyrrole nitrogens is 2. The van der Waals surface area contributed by atoms with E-state index in [4.69, 9.17) is 0 Å². The van der Waals surface area contributed by atoms with Gasteiger partial charge in [-0.15, -0.1) is 0 Å². The van der Waals surface area contributed by atoms with Crippen LogP contribution < -0.4 is 20.9 Å². The number of hydrogen-bond acceptors (Lipinski definition) is 5. The molecule has 0 saturated carbocycles. The van der Waals surface area contributed by atoms with E-state index in [0.717, 1.165) is 11.9 Å². The quantitative estimate of drug-likeness (QED) is 0.731. The van der Waals surface area contributed by atoms with E-state index in [-0.39, 0.29) is 0 Å². The van der Waals surface area contributed by atoms with E-state index in [1.807, 2.05) is 24.0 Å². The third-order valence-electron chi connectivity index (χ3n) is 2.71. The Labute approximate surface area is 120 Å². The van der Waals surface area contributed by atoms with E-state index in [0.29, 0.717) is 5.69 Å². The third-order valence-corrected chi connectivity index (χ3v) is 4.10. The molecular weight excluding hydrogens is 296 g/mol. The van der Waals surface area contributed by atoms with Crippen molar-refractivity contribution in [1.29, 1.82) is 0 Å². The number of hydrogen-bond donors (Lipinski definition) is 3. The Balaban J connectivity index is 2.33. The second-order valence-electron chi connectivity index (χ2n) is 4.48. The molecule has 0 aliphatic heterocycles. The second-order valence-corrected chi connectivity index (χ2v) is 6.13. The summed E-state index contributed by atoms with van der Waals surface area (Å²) in [6.45, 7) is 0. The topological polar surface area (TPSA) is 115 Å². The van der Waals surface area contributed by atoms with Crippen molar-refractivity contribution >= 4 is 21.4 Å². The zero-order chi connectivity index (χ0) is 15.6. The zero-order valence-electron chi connectivity index (χ0n) is 11.4. The lowest BCUT2D eigenvalue weighted by Crippen LogP contribution is -2.29. The van der Waals surface area contributed by atoms with E-state index >= 15 is 0 Å². The molecule has 2 rings (SSSR count). The molecule has 1 heterocycles. The Morgan fingerprint density at radius 2 is 1.71 bits per heavy atom. The van der Waals surface area contributed by atoms with Crippen molar-refractivity contribution in [2.75, 3.05) is 23.7 Å². The van der Waals surface area contributed by atoms with Crippen LogP contribution in [0.1, 0.15) is 0 Å². The Hall–Kier alpha value is -2.55. The van der Waals surface area contributed by atoms with E-state index in [9.17, 15) is 18.0 Å². The summed E-state index contributed by atoms with van der Waals surface area (Å²) >= 11 is 0. The van der Waals surface area contributed by atoms with Crippen LogP contribution in [-0.2, 0) is 10.0 Å². The van der Waals surface area contributed by atoms with Gasteiger partial charge in [-0.1, -0.05) is 0 Å². The molecule has 2 aromatic rings. The van der Waals surface area contributed by atoms with Crippen LogP contribution in [0.25, 0.3) is 0 Å². The summed E-state index contributed by atoms with van der Waals surface area (Å²) in [6.07, 6.45) is 0.859. The molecule has 9 heteroatoms. The van der Waals surface area contributed by atoms with Crippen LogP contribution in [0.3, 0.4) is 0 Å². The van der Waals surface area contributed by atoms with Gasteiger partial charge in [0, 0.05) is 31.7 Å². The van der Waals surface area contributed by atoms with Gasteiger partial charge in [0.15, 0.2) is 4.90 Å². The zero-order valence-corrected chi connectivity index (χ0v) is 12.2. The number of aromatic amines is 2. The minimum atomic E-state index is -4.07. The summed E-state index contributed by atoms with van der Waals surface area (Å²) in [4.78, 5) is 27.7. The first kappa shape index (κ1) is 14.9. The molecule has 3 N–H and O–H groups in total. The number of sulfonamides is 1. The van der Waals surface area contributed by atoms with Gasteiger partial charge in [0.2, 0.25) is 0 Å². The first-order valence-corrected chi connectivity index (χ1v) is 7.40. The lowest BCUT2D eigenvalue weighted by Gasteiger charge is -2.13. The van der Waals surface area contributed by atoms with Gasteiger partial charge in [0.05, 0.1) is 0 Å². The minimum absolute atomic E-state index is 0.311. The van der Waals surface area contributed by atoms with Crippen LogP contribution in [0.5, 0.6) is 0 Å². The van der Waals surface area contributed by atoms with Gasteiger partial charge in [-0.3, -0.25) is 14.5 Å². The maximum Gasteiger partial charge on any atom is 0.325 e. The van der Waals surface area contributed by atoms with Crippen molar-refractivity contribution in [3.63, 3.8) is 0 Å². The van der Waals surface area contributed by atoms with Crippen LogP contribution >= 0.6 is 0 Å². The first-order valence-electron chi connectivity index (χ1n) is 5.92. The van der Waals surface area contributed by atoms with E-state index < -0.39 is 26.2 Å². The molecule has 0 atom stereocenters. The SMILES string of the molecule is CN(C)c1ccc(NS(=O)(=O)c2c[nH]c(=O)[nH]c2=O)cc1. The van der Waals surface area contributed by atoms with Gasteiger partial charge >= 0.3 is 5.69 Å². The number of benzene rings is 1. The van der Waals surface area contributed by atoms with Crippen molar-refractivity contribution < 1.29 is 8.42 Å². The molecule has 112 valence electrons. The second kappa shape index (κ2) is 5.44. The molecule has 0 amide bonds. The lowest BCUT2D eigenvalue weighted by atomic mass is 10.3. The Morgan fingerprint density at radius 1 is 1.10 bits per heavy atom. The van der Waals surface area contributed by atoms with Crippen LogP contribution in [-0.4, -0.2) is 32.5 Å². The normalized spacial score (nSPS) is 11.1. The Kier molecular flexibility index (Phi) is 3.85. The van der Waals surface area contributed by atoms with Crippen molar-refractivity contribution in [3.05, 3.63) is 51.3 Å². The van der Waals surface area contributed by atoms with Gasteiger partial charge in [-0.2, -0.15) is 0 Å². The minimum Gasteiger partial charge on any atom is -0.378 e. The van der Waals surface area contributed by atoms with Crippen molar-refractivity contribution in [3.8, 4) is 0 Å². The summed E-state index contributed by atoms with van der Waals surface area (Å²) in [5.41, 5.74) is -0.531. The number of rotatable bonds is 4. The molecule has 0 aliphatic rings. The Bertz CT molecular complexity index is 850. The van der Waals surface area contributed by atoms with Crippen LogP contribution in [0.15, 0.2) is 44.9 Å². The van der Waals surface area contributed by atoms with E-state index in [1.165, 1.54) is 0 Å². The van der Waals surface area contributed by atoms with E-state index in [2.05, 4.69) is 9.71 Å². The van der Waals surface area contributed by atoms with Crippen LogP contribution in [0.4, 0.5) is 11.4 Å². The lowest BCUT2D eigenvalue weighted by molar-refractivity contribution is 0.599. The van der Waals surface area contributed by atoms with Crippen LogP contribution in [0.2, 0.25) is 0 Å². The summed E-state index contributed by atoms with van der Waals surface area (Å²) in [5, 5.41) is 0. The van der Waals surface area contributed by atoms with Gasteiger partial charge in [-0.25, -0.2) is 13.2 Å². The van der Waals surface area contributed by atoms with Crippen molar-refractivity contribution in [2.24, 2.45) is 0 Å². The smallest absolute Gasteiger partial charge is 0.325 e. The summed E-state index contributed by atoms with van der Waals surface area (Å²) < 4.78 is 26.5. The molecule has 0 radical (unpaired) electrons. The van der Waals surface area contributed by atoms with Crippen molar-refractivity contribution in [2.45, 2.75) is 4.90 Å². The summed E-state index contributed by atoms with van der Waals surface area (Å²) in [7, 11) is -0.351. The van der Waals surface area contributed by atoms with Gasteiger partial charge in [0.1, 0.15) is 0 Å². The molecule has 0 aliphatic carbocycles. The standard InChI is InChI=1S/C12H14N4O4S/c1-16(2)9-5-3-8(4-6-9)15-21(19,20)10-7-13-12(18)14-11(10)17/h3-7,15H,1-2H3,(H2,13,14,17,18). The average Bonchev–Trinajstić information content (AvgIpc) is 2.38. The molecular formula is C12H14N4O4S. The molecule has 0 saturated heterocycles. The number of aromatic nitrogens is 2. The molecule has 0 spiro atoms. The fraction of sp³-hybridized carbons (Fsp3) is 0.167. The number of anilines is 2. The fourth-order valence-electron chi connectivity index (χ4n) is 1.63. The monoisotopic (exact) mass is 310 g/mol. The van der Waals surface area contributed by atoms with Crippen LogP contribution in [0, 0.1) is 0 Å². The largest absolute Gasteiger partial charge is 0.378 e. The molecule has 8 nitrogen and oxygen atoms in total. The highest BCUT2D eigenvalue weighted by Gasteiger charge is 2.18. The maximum atomic E-state index is 12.1. The number of nitrogens with one attached hydrogen (secondary N) is 3. The summed E-state index contributed by atoms with van der Waals surface area (Å²) in [6, 6.07) is 6.61. The predicted molar refractivity (Wildman–Crippen MR) is 79.3 cm³/mol. The highest BCUT2D eigenvalue weighted by Crippen LogP contribution is 2.17. The molecule has 0 bridgehead atoms. The molecule has 0 fully saturated rings. The maximum absolute atomic E-state index is 12.1.